The maximum Gasteiger partial charge on any atom is 0.328 e. The minimum atomic E-state index is -0.450. The largest absolute Gasteiger partial charge is 0.399 e. The first-order chi connectivity index (χ1) is 7.88. The summed E-state index contributed by atoms with van der Waals surface area (Å²) >= 11 is 0. The minimum absolute atomic E-state index is 0. The lowest BCUT2D eigenvalue weighted by atomic mass is 10.1. The number of nitrogens with zero attached hydrogens (tertiary/aromatic N) is 1. The van der Waals surface area contributed by atoms with Gasteiger partial charge in [0.15, 0.2) is 0 Å². The number of halogens is 1. The lowest BCUT2D eigenvalue weighted by Crippen LogP contribution is -2.46. The quantitative estimate of drug-likeness (QED) is 0.352. The molecule has 0 radical (unpaired) electrons. The summed E-state index contributed by atoms with van der Waals surface area (Å²) in [5, 5.41) is 9.93. The van der Waals surface area contributed by atoms with Gasteiger partial charge in [-0.1, -0.05) is 0 Å². The van der Waals surface area contributed by atoms with Gasteiger partial charge in [-0.3, -0.25) is 5.41 Å². The van der Waals surface area contributed by atoms with Crippen LogP contribution in [0.2, 0.25) is 0 Å². The van der Waals surface area contributed by atoms with Gasteiger partial charge < -0.3 is 16.8 Å². The van der Waals surface area contributed by atoms with E-state index in [1.165, 1.54) is 7.05 Å². The van der Waals surface area contributed by atoms with Crippen LogP contribution in [0.3, 0.4) is 0 Å². The average Bonchev–Trinajstić information content (AvgIpc) is 2.21. The molecule has 0 saturated carbocycles. The Balaban J connectivity index is 0.00000289. The summed E-state index contributed by atoms with van der Waals surface area (Å²) in [6, 6.07) is 3.02. The van der Waals surface area contributed by atoms with Crippen LogP contribution >= 0.6 is 12.4 Å². The van der Waals surface area contributed by atoms with E-state index in [2.05, 4.69) is 5.32 Å². The molecule has 1 aromatic rings. The molecule has 2 amide bonds. The second-order valence-corrected chi connectivity index (χ2v) is 3.78. The molecular weight excluding hydrogens is 254 g/mol. The van der Waals surface area contributed by atoms with Gasteiger partial charge >= 0.3 is 6.03 Å². The number of carbonyl (C=O) groups excluding carboxylic acids is 1. The van der Waals surface area contributed by atoms with Crippen LogP contribution in [0, 0.1) is 19.3 Å². The number of rotatable bonds is 1. The molecule has 0 fully saturated rings. The van der Waals surface area contributed by atoms with Crippen LogP contribution in [0.4, 0.5) is 16.2 Å². The molecule has 18 heavy (non-hydrogen) atoms. The summed E-state index contributed by atoms with van der Waals surface area (Å²) < 4.78 is 0. The normalized spacial score (nSPS) is 9.28. The van der Waals surface area contributed by atoms with Crippen molar-refractivity contribution in [1.82, 2.24) is 5.32 Å². The number of hydrogen-bond donors (Lipinski definition) is 4. The fourth-order valence-electron chi connectivity index (χ4n) is 1.79. The number of amides is 2. The van der Waals surface area contributed by atoms with Gasteiger partial charge in [-0.25, -0.2) is 9.69 Å². The zero-order chi connectivity index (χ0) is 13.2. The Labute approximate surface area is 112 Å². The zero-order valence-corrected chi connectivity index (χ0v) is 11.4. The molecule has 0 atom stereocenters. The Morgan fingerprint density at radius 3 is 2.11 bits per heavy atom. The molecule has 0 spiro atoms. The number of nitrogens with two attached hydrogens (primary N) is 2. The molecule has 0 aliphatic carbocycles. The summed E-state index contributed by atoms with van der Waals surface area (Å²) in [5.41, 5.74) is 13.9. The minimum Gasteiger partial charge on any atom is -0.399 e. The van der Waals surface area contributed by atoms with Crippen molar-refractivity contribution in [2.45, 2.75) is 13.8 Å². The van der Waals surface area contributed by atoms with E-state index >= 15 is 0 Å². The molecule has 0 aromatic heterocycles. The molecule has 100 valence electrons. The van der Waals surface area contributed by atoms with E-state index in [9.17, 15) is 4.79 Å². The highest BCUT2D eigenvalue weighted by atomic mass is 35.5. The highest BCUT2D eigenvalue weighted by molar-refractivity contribution is 6.14. The van der Waals surface area contributed by atoms with Crippen LogP contribution in [0.15, 0.2) is 12.1 Å². The van der Waals surface area contributed by atoms with E-state index in [1.807, 2.05) is 13.8 Å². The summed E-state index contributed by atoms with van der Waals surface area (Å²) in [4.78, 5) is 12.8. The van der Waals surface area contributed by atoms with Crippen LogP contribution in [0.1, 0.15) is 11.1 Å². The summed E-state index contributed by atoms with van der Waals surface area (Å²) in [6.45, 7) is 3.63. The monoisotopic (exact) mass is 271 g/mol. The third-order valence-electron chi connectivity index (χ3n) is 2.39. The second-order valence-electron chi connectivity index (χ2n) is 3.78. The van der Waals surface area contributed by atoms with E-state index in [-0.39, 0.29) is 18.4 Å². The van der Waals surface area contributed by atoms with Crippen LogP contribution in [-0.4, -0.2) is 19.0 Å². The van der Waals surface area contributed by atoms with Gasteiger partial charge in [0.05, 0.1) is 5.69 Å². The average molecular weight is 272 g/mol. The number of nitrogen functional groups attached to an aromatic ring is 1. The van der Waals surface area contributed by atoms with Crippen molar-refractivity contribution < 1.29 is 4.79 Å². The first-order valence-corrected chi connectivity index (χ1v) is 5.11. The smallest absolute Gasteiger partial charge is 0.328 e. The first-order valence-electron chi connectivity index (χ1n) is 5.11. The van der Waals surface area contributed by atoms with E-state index in [0.29, 0.717) is 11.4 Å². The number of carbonyl (C=O) groups is 1. The van der Waals surface area contributed by atoms with Crippen molar-refractivity contribution in [3.05, 3.63) is 23.3 Å². The highest BCUT2D eigenvalue weighted by Crippen LogP contribution is 2.27. The SMILES string of the molecule is CNC(=O)N(C(=N)N)c1c(C)cc(N)cc1C.Cl. The Hall–Kier alpha value is -1.95. The Morgan fingerprint density at radius 2 is 1.78 bits per heavy atom. The third kappa shape index (κ3) is 3.04. The maximum atomic E-state index is 11.7. The molecule has 6 nitrogen and oxygen atoms in total. The summed E-state index contributed by atoms with van der Waals surface area (Å²) in [5.74, 6) is -0.333. The van der Waals surface area contributed by atoms with Crippen LogP contribution < -0.4 is 21.7 Å². The van der Waals surface area contributed by atoms with Crippen molar-refractivity contribution in [2.24, 2.45) is 5.73 Å². The van der Waals surface area contributed by atoms with E-state index in [1.54, 1.807) is 12.1 Å². The third-order valence-corrected chi connectivity index (χ3v) is 2.39. The molecule has 0 saturated heterocycles. The standard InChI is InChI=1S/C11H17N5O.ClH/c1-6-4-8(12)5-7(2)9(6)16(10(13)14)11(17)15-3;/h4-5H,12H2,1-3H3,(H3,13,14)(H,15,17);1H. The predicted octanol–water partition coefficient (Wildman–Crippen LogP) is 1.35. The van der Waals surface area contributed by atoms with Crippen molar-refractivity contribution in [3.8, 4) is 0 Å². The maximum absolute atomic E-state index is 11.7. The van der Waals surface area contributed by atoms with Gasteiger partial charge in [0.25, 0.3) is 0 Å². The van der Waals surface area contributed by atoms with E-state index < -0.39 is 6.03 Å². The molecule has 1 aromatic carbocycles. The molecule has 1 rings (SSSR count). The molecule has 0 heterocycles. The van der Waals surface area contributed by atoms with Crippen molar-refractivity contribution in [1.29, 1.82) is 5.41 Å². The lowest BCUT2D eigenvalue weighted by molar-refractivity contribution is 0.251. The Morgan fingerprint density at radius 1 is 1.33 bits per heavy atom. The zero-order valence-electron chi connectivity index (χ0n) is 10.6. The molecule has 0 aliphatic rings. The number of nitrogens with one attached hydrogen (secondary N) is 2. The first kappa shape index (κ1) is 16.1. The number of guanidine groups is 1. The molecule has 0 unspecified atom stereocenters. The van der Waals surface area contributed by atoms with Crippen molar-refractivity contribution in [2.75, 3.05) is 17.7 Å². The molecule has 6 N–H and O–H groups in total. The van der Waals surface area contributed by atoms with Gasteiger partial charge in [0.2, 0.25) is 5.96 Å². The van der Waals surface area contributed by atoms with Gasteiger partial charge in [0, 0.05) is 12.7 Å². The Kier molecular flexibility index (Phi) is 5.45. The van der Waals surface area contributed by atoms with Crippen LogP contribution in [0.5, 0.6) is 0 Å². The van der Waals surface area contributed by atoms with Crippen molar-refractivity contribution >= 4 is 35.8 Å². The predicted molar refractivity (Wildman–Crippen MR) is 76.4 cm³/mol. The van der Waals surface area contributed by atoms with Crippen LogP contribution in [-0.2, 0) is 0 Å². The number of urea groups is 1. The van der Waals surface area contributed by atoms with Gasteiger partial charge in [-0.2, -0.15) is 0 Å². The van der Waals surface area contributed by atoms with Gasteiger partial charge in [-0.05, 0) is 37.1 Å². The van der Waals surface area contributed by atoms with Crippen molar-refractivity contribution in [3.63, 3.8) is 0 Å². The van der Waals surface area contributed by atoms with Gasteiger partial charge in [-0.15, -0.1) is 12.4 Å². The topological polar surface area (TPSA) is 108 Å². The number of hydrogen-bond acceptors (Lipinski definition) is 3. The van der Waals surface area contributed by atoms with Gasteiger partial charge in [0.1, 0.15) is 0 Å². The molecule has 7 heteroatoms. The number of benzene rings is 1. The number of anilines is 2. The molecule has 0 bridgehead atoms. The van der Waals surface area contributed by atoms with Crippen LogP contribution in [0.25, 0.3) is 0 Å². The fourth-order valence-corrected chi connectivity index (χ4v) is 1.79. The summed E-state index contributed by atoms with van der Waals surface area (Å²) in [7, 11) is 1.49. The summed E-state index contributed by atoms with van der Waals surface area (Å²) in [6.07, 6.45) is 0. The van der Waals surface area contributed by atoms with E-state index in [0.717, 1.165) is 16.0 Å². The lowest BCUT2D eigenvalue weighted by Gasteiger charge is -2.24. The highest BCUT2D eigenvalue weighted by Gasteiger charge is 2.21. The number of aryl methyl sites for hydroxylation is 2. The fraction of sp³-hybridized carbons (Fsp3) is 0.273. The molecule has 0 aliphatic heterocycles. The second kappa shape index (κ2) is 6.11. The Bertz CT molecular complexity index is 451. The molecular formula is C11H18ClN5O. The van der Waals surface area contributed by atoms with E-state index in [4.69, 9.17) is 16.9 Å².